The van der Waals surface area contributed by atoms with Crippen LogP contribution in [0.3, 0.4) is 0 Å². The van der Waals surface area contributed by atoms with Gasteiger partial charge in [0.1, 0.15) is 11.8 Å². The van der Waals surface area contributed by atoms with Crippen molar-refractivity contribution in [2.75, 3.05) is 19.8 Å². The molecule has 0 saturated heterocycles. The van der Waals surface area contributed by atoms with E-state index in [1.165, 1.54) is 0 Å². The largest absolute Gasteiger partial charge is 0.379 e. The minimum Gasteiger partial charge on any atom is -0.379 e. The standard InChI is InChI=1S/C13H18N2O2/c1-11(2)9-16-6-7-17-10-12-4-3-5-15-13(12)8-14/h3-5,11H,6-7,9-10H2,1-2H3. The Balaban J connectivity index is 2.20. The molecule has 4 nitrogen and oxygen atoms in total. The molecule has 0 aliphatic heterocycles. The second-order valence-electron chi connectivity index (χ2n) is 4.14. The van der Waals surface area contributed by atoms with Gasteiger partial charge in [-0.1, -0.05) is 19.9 Å². The van der Waals surface area contributed by atoms with E-state index in [0.717, 1.165) is 12.2 Å². The van der Waals surface area contributed by atoms with Gasteiger partial charge in [0, 0.05) is 18.4 Å². The number of aromatic nitrogens is 1. The molecule has 0 saturated carbocycles. The minimum atomic E-state index is 0.405. The summed E-state index contributed by atoms with van der Waals surface area (Å²) in [6.07, 6.45) is 1.60. The second-order valence-corrected chi connectivity index (χ2v) is 4.14. The molecular formula is C13H18N2O2. The Bertz CT molecular complexity index is 372. The third-order valence-corrected chi connectivity index (χ3v) is 2.08. The predicted octanol–water partition coefficient (Wildman–Crippen LogP) is 2.14. The van der Waals surface area contributed by atoms with E-state index in [9.17, 15) is 0 Å². The maximum absolute atomic E-state index is 8.83. The van der Waals surface area contributed by atoms with Crippen LogP contribution in [0.5, 0.6) is 0 Å². The van der Waals surface area contributed by atoms with Crippen molar-refractivity contribution < 1.29 is 9.47 Å². The van der Waals surface area contributed by atoms with Crippen LogP contribution in [0, 0.1) is 17.2 Å². The number of nitrogens with zero attached hydrogens (tertiary/aromatic N) is 2. The summed E-state index contributed by atoms with van der Waals surface area (Å²) in [7, 11) is 0. The summed E-state index contributed by atoms with van der Waals surface area (Å²) in [6, 6.07) is 5.69. The Kier molecular flexibility index (Phi) is 6.23. The predicted molar refractivity (Wildman–Crippen MR) is 64.3 cm³/mol. The van der Waals surface area contributed by atoms with Crippen LogP contribution in [0.2, 0.25) is 0 Å². The van der Waals surface area contributed by atoms with Crippen LogP contribution in [-0.4, -0.2) is 24.8 Å². The summed E-state index contributed by atoms with van der Waals surface area (Å²) in [5, 5.41) is 8.83. The lowest BCUT2D eigenvalue weighted by atomic mass is 10.2. The van der Waals surface area contributed by atoms with E-state index in [-0.39, 0.29) is 0 Å². The van der Waals surface area contributed by atoms with Crippen molar-refractivity contribution in [3.05, 3.63) is 29.6 Å². The molecule has 0 fully saturated rings. The Morgan fingerprint density at radius 3 is 2.82 bits per heavy atom. The Labute approximate surface area is 102 Å². The summed E-state index contributed by atoms with van der Waals surface area (Å²) in [4.78, 5) is 3.96. The van der Waals surface area contributed by atoms with Crippen molar-refractivity contribution in [2.24, 2.45) is 5.92 Å². The number of ether oxygens (including phenoxy) is 2. The molecule has 4 heteroatoms. The molecule has 0 aromatic carbocycles. The van der Waals surface area contributed by atoms with Gasteiger partial charge in [-0.3, -0.25) is 0 Å². The number of hydrogen-bond acceptors (Lipinski definition) is 4. The Morgan fingerprint density at radius 2 is 2.12 bits per heavy atom. The molecule has 17 heavy (non-hydrogen) atoms. The van der Waals surface area contributed by atoms with Crippen LogP contribution in [-0.2, 0) is 16.1 Å². The molecule has 0 unspecified atom stereocenters. The van der Waals surface area contributed by atoms with Gasteiger partial charge in [-0.05, 0) is 12.0 Å². The zero-order valence-electron chi connectivity index (χ0n) is 10.3. The monoisotopic (exact) mass is 234 g/mol. The van der Waals surface area contributed by atoms with Crippen LogP contribution < -0.4 is 0 Å². The highest BCUT2D eigenvalue weighted by atomic mass is 16.5. The molecule has 0 N–H and O–H groups in total. The molecule has 0 amide bonds. The molecule has 0 aliphatic carbocycles. The lowest BCUT2D eigenvalue weighted by Crippen LogP contribution is -2.09. The normalized spacial score (nSPS) is 10.5. The molecule has 0 bridgehead atoms. The summed E-state index contributed by atoms with van der Waals surface area (Å²) in [5.74, 6) is 0.540. The fourth-order valence-electron chi connectivity index (χ4n) is 1.27. The van der Waals surface area contributed by atoms with E-state index in [4.69, 9.17) is 14.7 Å². The molecule has 0 radical (unpaired) electrons. The first kappa shape index (κ1) is 13.6. The van der Waals surface area contributed by atoms with Crippen molar-refractivity contribution in [1.82, 2.24) is 4.98 Å². The number of nitriles is 1. The highest BCUT2D eigenvalue weighted by molar-refractivity contribution is 5.29. The third-order valence-electron chi connectivity index (χ3n) is 2.08. The molecule has 1 aromatic rings. The van der Waals surface area contributed by atoms with Gasteiger partial charge in [0.2, 0.25) is 0 Å². The first-order valence-corrected chi connectivity index (χ1v) is 5.73. The molecule has 1 aromatic heterocycles. The van der Waals surface area contributed by atoms with Crippen molar-refractivity contribution >= 4 is 0 Å². The molecule has 0 atom stereocenters. The zero-order chi connectivity index (χ0) is 12.5. The van der Waals surface area contributed by atoms with E-state index in [1.54, 1.807) is 12.3 Å². The lowest BCUT2D eigenvalue weighted by Gasteiger charge is -2.08. The highest BCUT2D eigenvalue weighted by Crippen LogP contribution is 2.05. The average Bonchev–Trinajstić information content (AvgIpc) is 2.33. The van der Waals surface area contributed by atoms with Gasteiger partial charge in [-0.25, -0.2) is 4.98 Å². The third kappa shape index (κ3) is 5.43. The number of hydrogen-bond donors (Lipinski definition) is 0. The first-order valence-electron chi connectivity index (χ1n) is 5.73. The highest BCUT2D eigenvalue weighted by Gasteiger charge is 2.01. The maximum atomic E-state index is 8.83. The summed E-state index contributed by atoms with van der Waals surface area (Å²) in [5.41, 5.74) is 1.24. The van der Waals surface area contributed by atoms with E-state index in [2.05, 4.69) is 18.8 Å². The zero-order valence-corrected chi connectivity index (χ0v) is 10.3. The lowest BCUT2D eigenvalue weighted by molar-refractivity contribution is 0.0313. The minimum absolute atomic E-state index is 0.405. The molecular weight excluding hydrogens is 216 g/mol. The van der Waals surface area contributed by atoms with Crippen molar-refractivity contribution in [3.63, 3.8) is 0 Å². The SMILES string of the molecule is CC(C)COCCOCc1cccnc1C#N. The number of pyridine rings is 1. The smallest absolute Gasteiger partial charge is 0.145 e. The van der Waals surface area contributed by atoms with Crippen LogP contribution in [0.25, 0.3) is 0 Å². The van der Waals surface area contributed by atoms with Gasteiger partial charge < -0.3 is 9.47 Å². The Morgan fingerprint density at radius 1 is 1.35 bits per heavy atom. The van der Waals surface area contributed by atoms with Gasteiger partial charge in [0.05, 0.1) is 19.8 Å². The van der Waals surface area contributed by atoms with Crippen molar-refractivity contribution in [1.29, 1.82) is 5.26 Å². The summed E-state index contributed by atoms with van der Waals surface area (Å²) >= 11 is 0. The van der Waals surface area contributed by atoms with Gasteiger partial charge in [0.25, 0.3) is 0 Å². The molecule has 1 heterocycles. The number of rotatable bonds is 7. The molecule has 1 rings (SSSR count). The maximum Gasteiger partial charge on any atom is 0.145 e. The first-order chi connectivity index (χ1) is 8.24. The van der Waals surface area contributed by atoms with Crippen LogP contribution in [0.1, 0.15) is 25.1 Å². The van der Waals surface area contributed by atoms with Gasteiger partial charge in [-0.2, -0.15) is 5.26 Å². The molecule has 0 spiro atoms. The average molecular weight is 234 g/mol. The van der Waals surface area contributed by atoms with Crippen LogP contribution >= 0.6 is 0 Å². The molecule has 92 valence electrons. The summed E-state index contributed by atoms with van der Waals surface area (Å²) < 4.78 is 10.8. The van der Waals surface area contributed by atoms with Crippen molar-refractivity contribution in [2.45, 2.75) is 20.5 Å². The van der Waals surface area contributed by atoms with E-state index in [1.807, 2.05) is 12.1 Å². The van der Waals surface area contributed by atoms with Gasteiger partial charge in [0.15, 0.2) is 0 Å². The fraction of sp³-hybridized carbons (Fsp3) is 0.538. The van der Waals surface area contributed by atoms with Gasteiger partial charge >= 0.3 is 0 Å². The van der Waals surface area contributed by atoms with Crippen molar-refractivity contribution in [3.8, 4) is 6.07 Å². The molecule has 0 aliphatic rings. The second kappa shape index (κ2) is 7.77. The topological polar surface area (TPSA) is 55.1 Å². The van der Waals surface area contributed by atoms with Crippen LogP contribution in [0.4, 0.5) is 0 Å². The Hall–Kier alpha value is -1.44. The fourth-order valence-corrected chi connectivity index (χ4v) is 1.27. The van der Waals surface area contributed by atoms with E-state index in [0.29, 0.717) is 31.4 Å². The van der Waals surface area contributed by atoms with Gasteiger partial charge in [-0.15, -0.1) is 0 Å². The van der Waals surface area contributed by atoms with E-state index < -0.39 is 0 Å². The van der Waals surface area contributed by atoms with E-state index >= 15 is 0 Å². The quantitative estimate of drug-likeness (QED) is 0.678. The van der Waals surface area contributed by atoms with Crippen LogP contribution in [0.15, 0.2) is 18.3 Å². The summed E-state index contributed by atoms with van der Waals surface area (Å²) in [6.45, 7) is 6.49.